The molecule has 4 aromatic carbocycles. The van der Waals surface area contributed by atoms with Gasteiger partial charge in [-0.2, -0.15) is 16.8 Å². The van der Waals surface area contributed by atoms with Crippen molar-refractivity contribution in [2.24, 2.45) is 0 Å². The lowest BCUT2D eigenvalue weighted by Crippen LogP contribution is -2.32. The molecule has 0 bridgehead atoms. The Morgan fingerprint density at radius 1 is 0.500 bits per heavy atom. The Hall–Kier alpha value is -5.35. The van der Waals surface area contributed by atoms with Gasteiger partial charge in [-0.15, -0.1) is 18.7 Å². The highest BCUT2D eigenvalue weighted by Crippen LogP contribution is 2.30. The smallest absolute Gasteiger partial charge is 0.289 e. The SMILES string of the molecule is Cc1ccc(S(=O)(=O)ON2C(=O)c3ccc(C(=O)c4ccc5c(c4)C(=O)N(OS(=O)(=O)c4ccc(C)cc4)C5=O)cc3C2=O)cc1. The molecule has 232 valence electrons. The van der Waals surface area contributed by atoms with Gasteiger partial charge in [0, 0.05) is 11.1 Å². The van der Waals surface area contributed by atoms with Crippen LogP contribution in [0.3, 0.4) is 0 Å². The van der Waals surface area contributed by atoms with Crippen LogP contribution >= 0.6 is 0 Å². The molecule has 0 saturated heterocycles. The zero-order chi connectivity index (χ0) is 33.1. The molecule has 0 aliphatic carbocycles. The molecule has 46 heavy (non-hydrogen) atoms. The third-order valence-corrected chi connectivity index (χ3v) is 9.58. The van der Waals surface area contributed by atoms with E-state index in [1.807, 2.05) is 0 Å². The fourth-order valence-corrected chi connectivity index (χ4v) is 6.49. The quantitative estimate of drug-likeness (QED) is 0.200. The first-order chi connectivity index (χ1) is 21.7. The van der Waals surface area contributed by atoms with Gasteiger partial charge in [0.15, 0.2) is 5.78 Å². The molecule has 0 spiro atoms. The molecule has 6 rings (SSSR count). The zero-order valence-corrected chi connectivity index (χ0v) is 25.4. The van der Waals surface area contributed by atoms with Crippen molar-refractivity contribution in [2.45, 2.75) is 23.6 Å². The molecule has 2 heterocycles. The van der Waals surface area contributed by atoms with Crippen molar-refractivity contribution >= 4 is 49.6 Å². The summed E-state index contributed by atoms with van der Waals surface area (Å²) in [6, 6.07) is 17.9. The van der Waals surface area contributed by atoms with Gasteiger partial charge in [-0.3, -0.25) is 24.0 Å². The Balaban J connectivity index is 1.23. The lowest BCUT2D eigenvalue weighted by molar-refractivity contribution is -0.0107. The number of aryl methyl sites for hydroxylation is 2. The summed E-state index contributed by atoms with van der Waals surface area (Å²) in [6.45, 7) is 3.48. The predicted molar refractivity (Wildman–Crippen MR) is 156 cm³/mol. The predicted octanol–water partition coefficient (Wildman–Crippen LogP) is 3.37. The minimum Gasteiger partial charge on any atom is -0.289 e. The Kier molecular flexibility index (Phi) is 7.28. The molecule has 4 amide bonds. The topological polar surface area (TPSA) is 179 Å². The van der Waals surface area contributed by atoms with Crippen LogP contribution < -0.4 is 0 Å². The van der Waals surface area contributed by atoms with Gasteiger partial charge >= 0.3 is 20.2 Å². The molecule has 0 radical (unpaired) electrons. The molecule has 0 fully saturated rings. The molecular formula is C31H20N2O11S2. The number of fused-ring (bicyclic) bond motifs is 2. The van der Waals surface area contributed by atoms with E-state index in [0.717, 1.165) is 35.4 Å². The summed E-state index contributed by atoms with van der Waals surface area (Å²) in [5.74, 6) is -5.09. The van der Waals surface area contributed by atoms with E-state index < -0.39 is 49.6 Å². The number of rotatable bonds is 8. The summed E-state index contributed by atoms with van der Waals surface area (Å²) in [4.78, 5) is 64.6. The number of carbonyl (C=O) groups excluding carboxylic acids is 5. The minimum absolute atomic E-state index is 0.0903. The van der Waals surface area contributed by atoms with Crippen LogP contribution in [0.1, 0.15) is 68.5 Å². The number of benzene rings is 4. The van der Waals surface area contributed by atoms with E-state index in [0.29, 0.717) is 0 Å². The van der Waals surface area contributed by atoms with Crippen LogP contribution in [-0.4, -0.2) is 56.4 Å². The third kappa shape index (κ3) is 5.20. The second-order valence-electron chi connectivity index (χ2n) is 10.3. The van der Waals surface area contributed by atoms with Crippen molar-refractivity contribution in [1.29, 1.82) is 0 Å². The highest BCUT2D eigenvalue weighted by molar-refractivity contribution is 7.87. The third-order valence-electron chi connectivity index (χ3n) is 7.19. The first kappa shape index (κ1) is 30.7. The summed E-state index contributed by atoms with van der Waals surface area (Å²) in [5, 5.41) is 0.181. The maximum atomic E-state index is 13.4. The second kappa shape index (κ2) is 10.9. The molecule has 0 aromatic heterocycles. The van der Waals surface area contributed by atoms with Gasteiger partial charge < -0.3 is 0 Å². The van der Waals surface area contributed by atoms with Crippen molar-refractivity contribution in [3.05, 3.63) is 129 Å². The number of nitrogens with zero attached hydrogens (tertiary/aromatic N) is 2. The van der Waals surface area contributed by atoms with Crippen molar-refractivity contribution in [3.63, 3.8) is 0 Å². The largest absolute Gasteiger partial charge is 0.318 e. The van der Waals surface area contributed by atoms with Gasteiger partial charge in [0.25, 0.3) is 23.6 Å². The monoisotopic (exact) mass is 660 g/mol. The molecule has 15 heteroatoms. The number of imide groups is 2. The fourth-order valence-electron chi connectivity index (χ4n) is 4.71. The first-order valence-electron chi connectivity index (χ1n) is 13.3. The molecule has 13 nitrogen and oxygen atoms in total. The Morgan fingerprint density at radius 3 is 1.17 bits per heavy atom. The van der Waals surface area contributed by atoms with E-state index in [1.54, 1.807) is 13.8 Å². The van der Waals surface area contributed by atoms with Crippen LogP contribution in [0.15, 0.2) is 94.7 Å². The average Bonchev–Trinajstić information content (AvgIpc) is 3.40. The van der Waals surface area contributed by atoms with Crippen molar-refractivity contribution in [1.82, 2.24) is 10.1 Å². The standard InChI is InChI=1S/C31H20N2O11S2/c1-17-3-9-21(10-4-17)45(39,40)43-32-28(35)23-13-7-19(15-25(23)30(32)37)27(34)20-8-14-24-26(16-20)31(38)33(29(24)36)44-46(41,42)22-11-5-18(2)6-12-22/h3-16H,1-2H3. The van der Waals surface area contributed by atoms with Gasteiger partial charge in [-0.25, -0.2) is 0 Å². The lowest BCUT2D eigenvalue weighted by Gasteiger charge is -2.13. The van der Waals surface area contributed by atoms with Crippen LogP contribution in [0.25, 0.3) is 0 Å². The van der Waals surface area contributed by atoms with E-state index in [9.17, 15) is 40.8 Å². The molecule has 0 unspecified atom stereocenters. The molecule has 0 saturated carbocycles. The first-order valence-corrected chi connectivity index (χ1v) is 16.1. The average molecular weight is 661 g/mol. The summed E-state index contributed by atoms with van der Waals surface area (Å²) in [7, 11) is -9.11. The van der Waals surface area contributed by atoms with Crippen molar-refractivity contribution < 1.29 is 49.4 Å². The van der Waals surface area contributed by atoms with E-state index in [-0.39, 0.29) is 53.3 Å². The molecular weight excluding hydrogens is 640 g/mol. The molecule has 0 N–H and O–H groups in total. The van der Waals surface area contributed by atoms with Gasteiger partial charge in [-0.05, 0) is 62.4 Å². The van der Waals surface area contributed by atoms with Gasteiger partial charge in [0.05, 0.1) is 32.0 Å². The Bertz CT molecular complexity index is 2090. The summed E-state index contributed by atoms with van der Waals surface area (Å²) in [5.41, 5.74) is 0.285. The second-order valence-corrected chi connectivity index (χ2v) is 13.4. The summed E-state index contributed by atoms with van der Waals surface area (Å²) in [6.07, 6.45) is 0. The van der Waals surface area contributed by atoms with E-state index in [1.165, 1.54) is 60.7 Å². The van der Waals surface area contributed by atoms with Crippen LogP contribution in [0, 0.1) is 13.8 Å². The van der Waals surface area contributed by atoms with Crippen LogP contribution in [0.5, 0.6) is 0 Å². The highest BCUT2D eigenvalue weighted by atomic mass is 32.2. The van der Waals surface area contributed by atoms with Gasteiger partial charge in [0.1, 0.15) is 0 Å². The Labute approximate surface area is 261 Å². The Morgan fingerprint density at radius 2 is 0.826 bits per heavy atom. The van der Waals surface area contributed by atoms with Crippen LogP contribution in [-0.2, 0) is 28.8 Å². The maximum Gasteiger partial charge on any atom is 0.318 e. The summed E-state index contributed by atoms with van der Waals surface area (Å²) >= 11 is 0. The van der Waals surface area contributed by atoms with E-state index >= 15 is 0 Å². The van der Waals surface area contributed by atoms with Crippen LogP contribution in [0.4, 0.5) is 0 Å². The normalized spacial score (nSPS) is 14.6. The van der Waals surface area contributed by atoms with Crippen molar-refractivity contribution in [2.75, 3.05) is 0 Å². The van der Waals surface area contributed by atoms with Crippen LogP contribution in [0.2, 0.25) is 0 Å². The lowest BCUT2D eigenvalue weighted by atomic mass is 9.96. The van der Waals surface area contributed by atoms with Gasteiger partial charge in [0.2, 0.25) is 0 Å². The minimum atomic E-state index is -4.56. The van der Waals surface area contributed by atoms with Crippen molar-refractivity contribution in [3.8, 4) is 0 Å². The maximum absolute atomic E-state index is 13.4. The number of hydrogen-bond donors (Lipinski definition) is 0. The number of amides is 4. The number of ketones is 1. The zero-order valence-electron chi connectivity index (χ0n) is 23.8. The molecule has 2 aliphatic rings. The molecule has 0 atom stereocenters. The highest BCUT2D eigenvalue weighted by Gasteiger charge is 2.42. The van der Waals surface area contributed by atoms with E-state index in [4.69, 9.17) is 8.57 Å². The molecule has 4 aromatic rings. The number of carbonyl (C=O) groups is 5. The number of hydrogen-bond acceptors (Lipinski definition) is 11. The molecule has 2 aliphatic heterocycles. The fraction of sp³-hybridized carbons (Fsp3) is 0.0645. The van der Waals surface area contributed by atoms with Gasteiger partial charge in [-0.1, -0.05) is 47.5 Å². The number of hydroxylamine groups is 4. The summed E-state index contributed by atoms with van der Waals surface area (Å²) < 4.78 is 60.6. The van der Waals surface area contributed by atoms with E-state index in [2.05, 4.69) is 0 Å².